The lowest BCUT2D eigenvalue weighted by Crippen LogP contribution is -2.44. The monoisotopic (exact) mass is 437 g/mol. The van der Waals surface area contributed by atoms with Crippen molar-refractivity contribution in [2.24, 2.45) is 0 Å². The van der Waals surface area contributed by atoms with E-state index in [2.05, 4.69) is 32.4 Å². The van der Waals surface area contributed by atoms with Crippen LogP contribution in [0.3, 0.4) is 0 Å². The highest BCUT2D eigenvalue weighted by Gasteiger charge is 2.18. The van der Waals surface area contributed by atoms with Crippen LogP contribution >= 0.6 is 11.8 Å². The highest BCUT2D eigenvalue weighted by Crippen LogP contribution is 2.29. The van der Waals surface area contributed by atoms with Gasteiger partial charge in [-0.15, -0.1) is 0 Å². The average molecular weight is 438 g/mol. The number of aromatic nitrogens is 4. The summed E-state index contributed by atoms with van der Waals surface area (Å²) in [7, 11) is 2.14. The Balaban J connectivity index is 1.55. The SMILES string of the molecule is CCC(=O)Cc1ccc(Sc2nc(Nc3ccn[nH]3)cc(N3CCN(C)CC3)n2)cc1. The van der Waals surface area contributed by atoms with Crippen LogP contribution in [0, 0.1) is 0 Å². The lowest BCUT2D eigenvalue weighted by molar-refractivity contribution is -0.118. The highest BCUT2D eigenvalue weighted by molar-refractivity contribution is 7.99. The van der Waals surface area contributed by atoms with E-state index in [-0.39, 0.29) is 5.78 Å². The number of nitrogens with one attached hydrogen (secondary N) is 2. The Bertz CT molecular complexity index is 999. The summed E-state index contributed by atoms with van der Waals surface area (Å²) in [6.07, 6.45) is 2.75. The fraction of sp³-hybridized carbons (Fsp3) is 0.364. The molecule has 9 heteroatoms. The second kappa shape index (κ2) is 9.93. The molecule has 1 aliphatic heterocycles. The van der Waals surface area contributed by atoms with Crippen LogP contribution in [0.5, 0.6) is 0 Å². The Hall–Kier alpha value is -2.91. The molecular weight excluding hydrogens is 410 g/mol. The smallest absolute Gasteiger partial charge is 0.196 e. The number of nitrogens with zero attached hydrogens (tertiary/aromatic N) is 5. The van der Waals surface area contributed by atoms with Gasteiger partial charge in [-0.2, -0.15) is 5.10 Å². The van der Waals surface area contributed by atoms with Crippen LogP contribution in [-0.2, 0) is 11.2 Å². The van der Waals surface area contributed by atoms with Gasteiger partial charge in [-0.3, -0.25) is 9.89 Å². The van der Waals surface area contributed by atoms with E-state index in [1.165, 1.54) is 11.8 Å². The van der Waals surface area contributed by atoms with Crippen LogP contribution in [0.15, 0.2) is 52.6 Å². The van der Waals surface area contributed by atoms with E-state index in [1.54, 1.807) is 6.20 Å². The third kappa shape index (κ3) is 5.83. The molecule has 1 aliphatic rings. The van der Waals surface area contributed by atoms with Crippen molar-refractivity contribution in [1.29, 1.82) is 0 Å². The summed E-state index contributed by atoms with van der Waals surface area (Å²) in [5, 5.41) is 10.9. The molecule has 0 radical (unpaired) electrons. The van der Waals surface area contributed by atoms with Crippen molar-refractivity contribution < 1.29 is 4.79 Å². The van der Waals surface area contributed by atoms with Crippen molar-refractivity contribution in [3.63, 3.8) is 0 Å². The zero-order chi connectivity index (χ0) is 21.6. The van der Waals surface area contributed by atoms with Crippen LogP contribution < -0.4 is 10.2 Å². The number of carbonyl (C=O) groups excluding carboxylic acids is 1. The van der Waals surface area contributed by atoms with E-state index in [0.29, 0.717) is 18.0 Å². The molecule has 0 spiro atoms. The molecule has 1 aromatic carbocycles. The number of aromatic amines is 1. The topological polar surface area (TPSA) is 90.0 Å². The number of anilines is 3. The maximum atomic E-state index is 11.7. The zero-order valence-corrected chi connectivity index (χ0v) is 18.7. The van der Waals surface area contributed by atoms with E-state index in [0.717, 1.165) is 54.1 Å². The summed E-state index contributed by atoms with van der Waals surface area (Å²) in [6.45, 7) is 5.77. The fourth-order valence-corrected chi connectivity index (χ4v) is 4.08. The average Bonchev–Trinajstić information content (AvgIpc) is 3.28. The molecule has 0 saturated carbocycles. The summed E-state index contributed by atoms with van der Waals surface area (Å²) in [6, 6.07) is 11.9. The van der Waals surface area contributed by atoms with E-state index >= 15 is 0 Å². The molecule has 2 aromatic heterocycles. The molecule has 31 heavy (non-hydrogen) atoms. The van der Waals surface area contributed by atoms with Crippen molar-refractivity contribution >= 4 is 35.0 Å². The van der Waals surface area contributed by atoms with Crippen molar-refractivity contribution in [1.82, 2.24) is 25.1 Å². The lowest BCUT2D eigenvalue weighted by Gasteiger charge is -2.33. The van der Waals surface area contributed by atoms with E-state index in [1.807, 2.05) is 43.3 Å². The molecule has 162 valence electrons. The molecule has 0 amide bonds. The van der Waals surface area contributed by atoms with Gasteiger partial charge in [0.15, 0.2) is 5.16 Å². The van der Waals surface area contributed by atoms with Gasteiger partial charge in [0, 0.05) is 56.0 Å². The van der Waals surface area contributed by atoms with E-state index in [4.69, 9.17) is 9.97 Å². The van der Waals surface area contributed by atoms with Gasteiger partial charge in [0.05, 0.1) is 6.20 Å². The number of likely N-dealkylation sites (N-methyl/N-ethyl adjacent to an activating group) is 1. The number of carbonyl (C=O) groups is 1. The predicted octanol–water partition coefficient (Wildman–Crippen LogP) is 3.37. The van der Waals surface area contributed by atoms with Gasteiger partial charge in [0.2, 0.25) is 0 Å². The van der Waals surface area contributed by atoms with Crippen molar-refractivity contribution in [3.8, 4) is 0 Å². The number of ketones is 1. The molecule has 0 atom stereocenters. The van der Waals surface area contributed by atoms with Crippen molar-refractivity contribution in [3.05, 3.63) is 48.2 Å². The summed E-state index contributed by atoms with van der Waals surface area (Å²) < 4.78 is 0. The van der Waals surface area contributed by atoms with Gasteiger partial charge in [0.1, 0.15) is 23.2 Å². The number of H-pyrrole nitrogens is 1. The maximum Gasteiger partial charge on any atom is 0.196 e. The molecule has 0 unspecified atom stereocenters. The molecule has 8 nitrogen and oxygen atoms in total. The van der Waals surface area contributed by atoms with Gasteiger partial charge < -0.3 is 15.1 Å². The maximum absolute atomic E-state index is 11.7. The van der Waals surface area contributed by atoms with E-state index in [9.17, 15) is 4.79 Å². The standard InChI is InChI=1S/C22H27N7OS/c1-3-17(30)14-16-4-6-18(7-5-16)31-22-25-20(24-19-8-9-23-27-19)15-21(26-22)29-12-10-28(2)11-13-29/h4-9,15H,3,10-14H2,1-2H3,(H2,23,24,25,26,27). The summed E-state index contributed by atoms with van der Waals surface area (Å²) in [4.78, 5) is 26.9. The van der Waals surface area contributed by atoms with E-state index < -0.39 is 0 Å². The minimum Gasteiger partial charge on any atom is -0.354 e. The third-order valence-corrected chi connectivity index (χ3v) is 6.08. The molecule has 0 aliphatic carbocycles. The molecule has 0 bridgehead atoms. The molecule has 1 fully saturated rings. The number of hydrogen-bond acceptors (Lipinski definition) is 8. The quantitative estimate of drug-likeness (QED) is 0.519. The van der Waals surface area contributed by atoms with Crippen LogP contribution in [0.25, 0.3) is 0 Å². The first kappa shape index (κ1) is 21.3. The third-order valence-electron chi connectivity index (χ3n) is 5.21. The van der Waals surface area contributed by atoms with Crippen LogP contribution in [0.4, 0.5) is 17.5 Å². The predicted molar refractivity (Wildman–Crippen MR) is 123 cm³/mol. The molecule has 3 heterocycles. The number of hydrogen-bond donors (Lipinski definition) is 2. The van der Waals surface area contributed by atoms with Crippen LogP contribution in [0.1, 0.15) is 18.9 Å². The van der Waals surface area contributed by atoms with Crippen molar-refractivity contribution in [2.75, 3.05) is 43.4 Å². The normalized spacial score (nSPS) is 14.6. The van der Waals surface area contributed by atoms with Crippen LogP contribution in [-0.4, -0.2) is 64.1 Å². The minimum atomic E-state index is 0.248. The van der Waals surface area contributed by atoms with Gasteiger partial charge >= 0.3 is 0 Å². The zero-order valence-electron chi connectivity index (χ0n) is 17.8. The molecule has 4 rings (SSSR count). The minimum absolute atomic E-state index is 0.248. The molecule has 2 N–H and O–H groups in total. The Morgan fingerprint density at radius 2 is 1.90 bits per heavy atom. The fourth-order valence-electron chi connectivity index (χ4n) is 3.32. The largest absolute Gasteiger partial charge is 0.354 e. The second-order valence-electron chi connectivity index (χ2n) is 7.59. The number of rotatable bonds is 8. The van der Waals surface area contributed by atoms with Crippen molar-refractivity contribution in [2.45, 2.75) is 29.8 Å². The number of Topliss-reactive ketones (excluding diaryl/α,β-unsaturated/α-hetero) is 1. The first-order valence-electron chi connectivity index (χ1n) is 10.5. The van der Waals surface area contributed by atoms with Crippen LogP contribution in [0.2, 0.25) is 0 Å². The molecule has 1 saturated heterocycles. The molecule has 3 aromatic rings. The lowest BCUT2D eigenvalue weighted by atomic mass is 10.1. The van der Waals surface area contributed by atoms with Gasteiger partial charge in [-0.1, -0.05) is 19.1 Å². The summed E-state index contributed by atoms with van der Waals surface area (Å²) >= 11 is 1.52. The van der Waals surface area contributed by atoms with Gasteiger partial charge in [-0.25, -0.2) is 9.97 Å². The highest BCUT2D eigenvalue weighted by atomic mass is 32.2. The van der Waals surface area contributed by atoms with Gasteiger partial charge in [-0.05, 0) is 36.5 Å². The molecular formula is C22H27N7OS. The first-order valence-corrected chi connectivity index (χ1v) is 11.3. The Morgan fingerprint density at radius 3 is 2.58 bits per heavy atom. The number of benzene rings is 1. The second-order valence-corrected chi connectivity index (χ2v) is 8.64. The Kier molecular flexibility index (Phi) is 6.83. The summed E-state index contributed by atoms with van der Waals surface area (Å²) in [5.41, 5.74) is 1.03. The number of piperazine rings is 1. The summed E-state index contributed by atoms with van der Waals surface area (Å²) in [5.74, 6) is 2.67. The Morgan fingerprint density at radius 1 is 1.13 bits per heavy atom. The van der Waals surface area contributed by atoms with Gasteiger partial charge in [0.25, 0.3) is 0 Å². The first-order chi connectivity index (χ1) is 15.1. The Labute approximate surface area is 186 Å².